The molecule has 152 valence electrons. The summed E-state index contributed by atoms with van der Waals surface area (Å²) in [6, 6.07) is 8.40. The number of aliphatic imine (C=N–C) groups is 1. The fraction of sp³-hybridized carbons (Fsp3) is 0.417. The molecule has 29 heavy (non-hydrogen) atoms. The van der Waals surface area contributed by atoms with Gasteiger partial charge in [-0.15, -0.1) is 0 Å². The highest BCUT2D eigenvalue weighted by molar-refractivity contribution is 5.85. The van der Waals surface area contributed by atoms with Crippen molar-refractivity contribution in [1.82, 2.24) is 15.1 Å². The van der Waals surface area contributed by atoms with Crippen molar-refractivity contribution in [2.24, 2.45) is 4.99 Å². The molecule has 1 aromatic rings. The number of aldehydes is 1. The van der Waals surface area contributed by atoms with Crippen molar-refractivity contribution < 1.29 is 4.79 Å². The van der Waals surface area contributed by atoms with Crippen LogP contribution in [0.25, 0.3) is 0 Å². The number of hydrogen-bond donors (Lipinski definition) is 1. The van der Waals surface area contributed by atoms with E-state index < -0.39 is 0 Å². The summed E-state index contributed by atoms with van der Waals surface area (Å²) in [6.07, 6.45) is 11.0. The van der Waals surface area contributed by atoms with Crippen molar-refractivity contribution in [3.8, 4) is 0 Å². The van der Waals surface area contributed by atoms with Crippen LogP contribution in [-0.4, -0.2) is 54.8 Å². The highest BCUT2D eigenvalue weighted by Crippen LogP contribution is 2.24. The van der Waals surface area contributed by atoms with E-state index in [0.717, 1.165) is 75.5 Å². The molecule has 2 heterocycles. The second-order valence-corrected chi connectivity index (χ2v) is 7.95. The zero-order valence-electron chi connectivity index (χ0n) is 17.2. The second kappa shape index (κ2) is 9.23. The molecule has 1 aliphatic carbocycles. The number of guanidine groups is 1. The van der Waals surface area contributed by atoms with Crippen LogP contribution in [0.4, 0.5) is 0 Å². The van der Waals surface area contributed by atoms with Crippen LogP contribution in [0.3, 0.4) is 0 Å². The number of carbonyl (C=O) groups is 1. The highest BCUT2D eigenvalue weighted by Gasteiger charge is 2.27. The maximum absolute atomic E-state index is 11.9. The first-order chi connectivity index (χ1) is 14.2. The predicted octanol–water partition coefficient (Wildman–Crippen LogP) is 3.19. The van der Waals surface area contributed by atoms with Crippen LogP contribution in [0, 0.1) is 6.92 Å². The lowest BCUT2D eigenvalue weighted by atomic mass is 10.0. The Bertz CT molecular complexity index is 881. The van der Waals surface area contributed by atoms with Gasteiger partial charge in [0.2, 0.25) is 0 Å². The number of benzene rings is 1. The number of allylic oxidation sites excluding steroid dienone is 2. The Balaban J connectivity index is 1.42. The van der Waals surface area contributed by atoms with Gasteiger partial charge in [-0.1, -0.05) is 42.5 Å². The molecule has 0 spiro atoms. The first-order valence-corrected chi connectivity index (χ1v) is 10.6. The number of hydrogen-bond acceptors (Lipinski definition) is 5. The topological polar surface area (TPSA) is 47.9 Å². The van der Waals surface area contributed by atoms with E-state index in [0.29, 0.717) is 6.54 Å². The quantitative estimate of drug-likeness (QED) is 0.758. The van der Waals surface area contributed by atoms with Gasteiger partial charge in [0.15, 0.2) is 5.96 Å². The summed E-state index contributed by atoms with van der Waals surface area (Å²) in [7, 11) is 0. The number of carbonyl (C=O) groups excluding carboxylic acids is 1. The van der Waals surface area contributed by atoms with Crippen LogP contribution >= 0.6 is 0 Å². The van der Waals surface area contributed by atoms with Crippen LogP contribution < -0.4 is 5.32 Å². The Morgan fingerprint density at radius 3 is 2.90 bits per heavy atom. The van der Waals surface area contributed by atoms with Gasteiger partial charge < -0.3 is 10.2 Å². The molecule has 0 bridgehead atoms. The smallest absolute Gasteiger partial charge is 0.198 e. The standard InChI is InChI=1S/C24H30N4O/c1-19-7-5-6-10-21(19)15-26-24-25-12-14-28(24)23-11-13-27(17-22(23)18-29)16-20-8-3-2-4-9-20/h3,5-10,18H,2,4,11-17H2,1H3,(H,25,26). The van der Waals surface area contributed by atoms with E-state index in [9.17, 15) is 4.79 Å². The molecule has 5 nitrogen and oxygen atoms in total. The van der Waals surface area contributed by atoms with E-state index in [1.54, 1.807) is 0 Å². The number of nitrogens with zero attached hydrogens (tertiary/aromatic N) is 3. The molecule has 0 saturated heterocycles. The molecule has 0 unspecified atom stereocenters. The minimum Gasteiger partial charge on any atom is -0.352 e. The minimum atomic E-state index is 0.714. The number of aryl methyl sites for hydroxylation is 1. The van der Waals surface area contributed by atoms with Crippen LogP contribution in [0.1, 0.15) is 30.4 Å². The first kappa shape index (κ1) is 19.6. The zero-order chi connectivity index (χ0) is 20.1. The summed E-state index contributed by atoms with van der Waals surface area (Å²) in [6.45, 7) is 7.10. The molecule has 4 rings (SSSR count). The Labute approximate surface area is 173 Å². The third kappa shape index (κ3) is 4.67. The Kier molecular flexibility index (Phi) is 6.25. The maximum Gasteiger partial charge on any atom is 0.198 e. The monoisotopic (exact) mass is 390 g/mol. The number of nitrogens with one attached hydrogen (secondary N) is 1. The summed E-state index contributed by atoms with van der Waals surface area (Å²) in [5.74, 6) is 0.897. The van der Waals surface area contributed by atoms with Crippen LogP contribution in [-0.2, 0) is 11.3 Å². The number of rotatable bonds is 6. The molecule has 5 heteroatoms. The summed E-state index contributed by atoms with van der Waals surface area (Å²) in [4.78, 5) is 21.2. The average molecular weight is 391 g/mol. The van der Waals surface area contributed by atoms with E-state index in [1.165, 1.54) is 16.7 Å². The van der Waals surface area contributed by atoms with Crippen molar-refractivity contribution >= 4 is 12.2 Å². The molecule has 1 N–H and O–H groups in total. The van der Waals surface area contributed by atoms with E-state index in [-0.39, 0.29) is 0 Å². The van der Waals surface area contributed by atoms with Crippen molar-refractivity contribution in [3.05, 3.63) is 70.5 Å². The van der Waals surface area contributed by atoms with E-state index in [2.05, 4.69) is 69.5 Å². The Morgan fingerprint density at radius 2 is 2.10 bits per heavy atom. The predicted molar refractivity (Wildman–Crippen MR) is 118 cm³/mol. The van der Waals surface area contributed by atoms with E-state index in [4.69, 9.17) is 0 Å². The molecular formula is C24H30N4O. The van der Waals surface area contributed by atoms with Crippen LogP contribution in [0.5, 0.6) is 0 Å². The largest absolute Gasteiger partial charge is 0.352 e. The fourth-order valence-corrected chi connectivity index (χ4v) is 4.27. The first-order valence-electron chi connectivity index (χ1n) is 10.6. The van der Waals surface area contributed by atoms with E-state index in [1.807, 2.05) is 0 Å². The highest BCUT2D eigenvalue weighted by atomic mass is 16.1. The van der Waals surface area contributed by atoms with Crippen LogP contribution in [0.15, 0.2) is 64.3 Å². The van der Waals surface area contributed by atoms with Gasteiger partial charge in [0, 0.05) is 50.4 Å². The molecule has 3 aliphatic rings. The lowest BCUT2D eigenvalue weighted by molar-refractivity contribution is -0.105. The second-order valence-electron chi connectivity index (χ2n) is 7.95. The van der Waals surface area contributed by atoms with Crippen molar-refractivity contribution in [2.45, 2.75) is 32.7 Å². The molecule has 0 fully saturated rings. The average Bonchev–Trinajstić information content (AvgIpc) is 3.22. The van der Waals surface area contributed by atoms with E-state index >= 15 is 0 Å². The lowest BCUT2D eigenvalue weighted by Crippen LogP contribution is -2.43. The maximum atomic E-state index is 11.9. The fourth-order valence-electron chi connectivity index (χ4n) is 4.27. The molecule has 0 atom stereocenters. The lowest BCUT2D eigenvalue weighted by Gasteiger charge is -2.34. The SMILES string of the molecule is Cc1ccccc1CNC1=NCCN1C1=C(C=O)CN(CC2=CCCC=C2)CC1. The van der Waals surface area contributed by atoms with Gasteiger partial charge in [-0.2, -0.15) is 0 Å². The molecular weight excluding hydrogens is 360 g/mol. The summed E-state index contributed by atoms with van der Waals surface area (Å²) in [5, 5.41) is 3.50. The van der Waals surface area contributed by atoms with Gasteiger partial charge in [-0.05, 0) is 36.5 Å². The molecule has 0 radical (unpaired) electrons. The van der Waals surface area contributed by atoms with Gasteiger partial charge >= 0.3 is 0 Å². The van der Waals surface area contributed by atoms with Gasteiger partial charge in [-0.25, -0.2) is 0 Å². The molecule has 2 aliphatic heterocycles. The zero-order valence-corrected chi connectivity index (χ0v) is 17.2. The summed E-state index contributed by atoms with van der Waals surface area (Å²) < 4.78 is 0. The summed E-state index contributed by atoms with van der Waals surface area (Å²) in [5.41, 5.74) is 5.95. The van der Waals surface area contributed by atoms with Crippen molar-refractivity contribution in [2.75, 3.05) is 32.7 Å². The molecule has 1 aromatic carbocycles. The van der Waals surface area contributed by atoms with Gasteiger partial charge in [0.1, 0.15) is 6.29 Å². The van der Waals surface area contributed by atoms with Crippen LogP contribution in [0.2, 0.25) is 0 Å². The Morgan fingerprint density at radius 1 is 1.21 bits per heavy atom. The molecule has 0 saturated carbocycles. The van der Waals surface area contributed by atoms with Gasteiger partial charge in [-0.3, -0.25) is 14.7 Å². The summed E-state index contributed by atoms with van der Waals surface area (Å²) >= 11 is 0. The van der Waals surface area contributed by atoms with Gasteiger partial charge in [0.05, 0.1) is 6.54 Å². The third-order valence-corrected chi connectivity index (χ3v) is 5.91. The molecule has 0 amide bonds. The van der Waals surface area contributed by atoms with Crippen molar-refractivity contribution in [1.29, 1.82) is 0 Å². The third-order valence-electron chi connectivity index (χ3n) is 5.91. The normalized spacial score (nSPS) is 20.0. The minimum absolute atomic E-state index is 0.714. The van der Waals surface area contributed by atoms with Crippen molar-refractivity contribution in [3.63, 3.8) is 0 Å². The Hall–Kier alpha value is -2.66. The van der Waals surface area contributed by atoms with Gasteiger partial charge in [0.25, 0.3) is 0 Å². The molecule has 0 aromatic heterocycles.